The van der Waals surface area contributed by atoms with E-state index in [2.05, 4.69) is 40.3 Å². The zero-order chi connectivity index (χ0) is 20.3. The largest absolute Gasteiger partial charge is 0.445 e. The van der Waals surface area contributed by atoms with E-state index < -0.39 is 0 Å². The third-order valence-electron chi connectivity index (χ3n) is 5.93. The topological polar surface area (TPSA) is 65.4 Å². The standard InChI is InChI=1S/C24H27N3O3/c28-24-25-12-3-1-6-17-10-11-21-20(15-17)23(19-8-5-7-18(14-19)16-30-24)26-27(21)22-9-2-4-13-29-22/h5,7-8,10-11,14-15,22H,1-4,6,9,12-13,16H2,(H,25,28). The molecular formula is C24H27N3O3. The molecule has 1 unspecified atom stereocenters. The molecule has 2 aliphatic heterocycles. The van der Waals surface area contributed by atoms with Crippen LogP contribution in [0.4, 0.5) is 4.79 Å². The normalized spacial score (nSPS) is 20.3. The van der Waals surface area contributed by atoms with E-state index in [1.54, 1.807) is 0 Å². The van der Waals surface area contributed by atoms with Gasteiger partial charge in [0.15, 0.2) is 6.23 Å². The SMILES string of the molecule is O=C1NCCCCc2ccc3c(c2)c(nn3C2CCCCO2)-c2cccc(c2)CO1. The van der Waals surface area contributed by atoms with Crippen molar-refractivity contribution in [2.75, 3.05) is 13.2 Å². The molecule has 1 saturated heterocycles. The van der Waals surface area contributed by atoms with Crippen molar-refractivity contribution in [1.29, 1.82) is 0 Å². The van der Waals surface area contributed by atoms with Gasteiger partial charge in [-0.3, -0.25) is 0 Å². The predicted molar refractivity (Wildman–Crippen MR) is 115 cm³/mol. The monoisotopic (exact) mass is 405 g/mol. The summed E-state index contributed by atoms with van der Waals surface area (Å²) in [6, 6.07) is 14.8. The number of carbonyl (C=O) groups is 1. The fourth-order valence-corrected chi connectivity index (χ4v) is 4.35. The van der Waals surface area contributed by atoms with Crippen molar-refractivity contribution in [3.8, 4) is 11.3 Å². The van der Waals surface area contributed by atoms with Gasteiger partial charge in [-0.25, -0.2) is 9.48 Å². The van der Waals surface area contributed by atoms with Gasteiger partial charge in [-0.05, 0) is 67.9 Å². The summed E-state index contributed by atoms with van der Waals surface area (Å²) in [5.41, 5.74) is 5.35. The second-order valence-corrected chi connectivity index (χ2v) is 8.13. The number of hydrogen-bond acceptors (Lipinski definition) is 4. The van der Waals surface area contributed by atoms with Crippen molar-refractivity contribution in [1.82, 2.24) is 15.1 Å². The lowest BCUT2D eigenvalue weighted by Crippen LogP contribution is -2.25. The number of fused-ring (bicyclic) bond motifs is 4. The molecule has 0 radical (unpaired) electrons. The van der Waals surface area contributed by atoms with Crippen molar-refractivity contribution in [2.24, 2.45) is 0 Å². The number of ether oxygens (including phenoxy) is 2. The quantitative estimate of drug-likeness (QED) is 0.621. The molecule has 2 aliphatic rings. The Balaban J connectivity index is 1.61. The lowest BCUT2D eigenvalue weighted by Gasteiger charge is -2.23. The highest BCUT2D eigenvalue weighted by Gasteiger charge is 2.22. The van der Waals surface area contributed by atoms with Crippen LogP contribution in [0.3, 0.4) is 0 Å². The Morgan fingerprint density at radius 1 is 1.03 bits per heavy atom. The second kappa shape index (κ2) is 8.48. The summed E-state index contributed by atoms with van der Waals surface area (Å²) in [5.74, 6) is 0. The summed E-state index contributed by atoms with van der Waals surface area (Å²) in [6.45, 7) is 1.66. The highest BCUT2D eigenvalue weighted by atomic mass is 16.5. The van der Waals surface area contributed by atoms with E-state index in [-0.39, 0.29) is 18.9 Å². The van der Waals surface area contributed by atoms with Crippen molar-refractivity contribution in [2.45, 2.75) is 51.4 Å². The van der Waals surface area contributed by atoms with Crippen LogP contribution in [0.5, 0.6) is 0 Å². The third kappa shape index (κ3) is 3.92. The Kier molecular flexibility index (Phi) is 5.41. The number of benzene rings is 2. The average molecular weight is 405 g/mol. The number of rotatable bonds is 1. The van der Waals surface area contributed by atoms with Crippen molar-refractivity contribution >= 4 is 17.0 Å². The maximum Gasteiger partial charge on any atom is 0.407 e. The van der Waals surface area contributed by atoms with Crippen LogP contribution in [0.15, 0.2) is 42.5 Å². The van der Waals surface area contributed by atoms with Crippen LogP contribution in [0.2, 0.25) is 0 Å². The smallest absolute Gasteiger partial charge is 0.407 e. The number of aromatic nitrogens is 2. The van der Waals surface area contributed by atoms with Crippen LogP contribution in [0, 0.1) is 0 Å². The Morgan fingerprint density at radius 3 is 2.90 bits per heavy atom. The first-order valence-electron chi connectivity index (χ1n) is 10.9. The summed E-state index contributed by atoms with van der Waals surface area (Å²) in [4.78, 5) is 11.9. The predicted octanol–water partition coefficient (Wildman–Crippen LogP) is 4.96. The molecule has 6 heteroatoms. The van der Waals surface area contributed by atoms with Gasteiger partial charge in [-0.15, -0.1) is 0 Å². The maximum absolute atomic E-state index is 11.9. The van der Waals surface area contributed by atoms with E-state index in [0.717, 1.165) is 72.9 Å². The molecule has 3 heterocycles. The summed E-state index contributed by atoms with van der Waals surface area (Å²) in [7, 11) is 0. The summed E-state index contributed by atoms with van der Waals surface area (Å²) in [5, 5.41) is 9.01. The number of hydrogen-bond donors (Lipinski definition) is 1. The van der Waals surface area contributed by atoms with Gasteiger partial charge in [0.05, 0.1) is 5.52 Å². The zero-order valence-corrected chi connectivity index (χ0v) is 17.1. The Bertz CT molecular complexity index is 1050. The van der Waals surface area contributed by atoms with Gasteiger partial charge in [0.1, 0.15) is 12.3 Å². The molecule has 30 heavy (non-hydrogen) atoms. The lowest BCUT2D eigenvalue weighted by atomic mass is 10.0. The molecule has 1 atom stereocenters. The number of aryl methyl sites for hydroxylation is 1. The van der Waals surface area contributed by atoms with Crippen LogP contribution >= 0.6 is 0 Å². The first-order valence-corrected chi connectivity index (χ1v) is 10.9. The number of nitrogens with zero attached hydrogens (tertiary/aromatic N) is 2. The van der Waals surface area contributed by atoms with E-state index >= 15 is 0 Å². The third-order valence-corrected chi connectivity index (χ3v) is 5.93. The highest BCUT2D eigenvalue weighted by molar-refractivity contribution is 5.94. The van der Waals surface area contributed by atoms with E-state index in [0.29, 0.717) is 6.54 Å². The van der Waals surface area contributed by atoms with Crippen LogP contribution < -0.4 is 5.32 Å². The van der Waals surface area contributed by atoms with Crippen LogP contribution in [-0.4, -0.2) is 29.0 Å². The first kappa shape index (κ1) is 19.1. The molecule has 156 valence electrons. The van der Waals surface area contributed by atoms with Gasteiger partial charge in [0.25, 0.3) is 0 Å². The first-order chi connectivity index (χ1) is 14.8. The fourth-order valence-electron chi connectivity index (χ4n) is 4.35. The van der Waals surface area contributed by atoms with Gasteiger partial charge >= 0.3 is 6.09 Å². The number of nitrogens with one attached hydrogen (secondary N) is 1. The van der Waals surface area contributed by atoms with Crippen molar-refractivity contribution in [3.63, 3.8) is 0 Å². The summed E-state index contributed by atoms with van der Waals surface area (Å²) in [6.07, 6.45) is 5.78. The minimum absolute atomic E-state index is 0.0124. The molecule has 1 N–H and O–H groups in total. The molecule has 4 bridgehead atoms. The number of cyclic esters (lactones) is 1. The Labute approximate surface area is 176 Å². The summed E-state index contributed by atoms with van der Waals surface area (Å²) < 4.78 is 13.5. The molecule has 3 aromatic rings. The van der Waals surface area contributed by atoms with E-state index in [9.17, 15) is 4.79 Å². The van der Waals surface area contributed by atoms with Crippen LogP contribution in [0.25, 0.3) is 22.2 Å². The molecule has 0 saturated carbocycles. The van der Waals surface area contributed by atoms with Crippen LogP contribution in [-0.2, 0) is 22.5 Å². The Hall–Kier alpha value is -2.86. The van der Waals surface area contributed by atoms with Gasteiger partial charge in [-0.2, -0.15) is 5.10 Å². The molecule has 0 spiro atoms. The van der Waals surface area contributed by atoms with Gasteiger partial charge < -0.3 is 14.8 Å². The molecule has 5 rings (SSSR count). The summed E-state index contributed by atoms with van der Waals surface area (Å²) >= 11 is 0. The average Bonchev–Trinajstić information content (AvgIpc) is 3.17. The van der Waals surface area contributed by atoms with Crippen molar-refractivity contribution < 1.29 is 14.3 Å². The second-order valence-electron chi connectivity index (χ2n) is 8.13. The molecular weight excluding hydrogens is 378 g/mol. The number of amides is 1. The minimum atomic E-state index is -0.364. The van der Waals surface area contributed by atoms with E-state index in [4.69, 9.17) is 14.6 Å². The number of alkyl carbamates (subject to hydrolysis) is 1. The Morgan fingerprint density at radius 2 is 2.00 bits per heavy atom. The maximum atomic E-state index is 11.9. The van der Waals surface area contributed by atoms with E-state index in [1.165, 1.54) is 5.56 Å². The number of carbonyl (C=O) groups excluding carboxylic acids is 1. The van der Waals surface area contributed by atoms with Gasteiger partial charge in [-0.1, -0.05) is 24.3 Å². The molecule has 1 aromatic heterocycles. The fraction of sp³-hybridized carbons (Fsp3) is 0.417. The van der Waals surface area contributed by atoms with Gasteiger partial charge in [0.2, 0.25) is 0 Å². The molecule has 0 aliphatic carbocycles. The van der Waals surface area contributed by atoms with Gasteiger partial charge in [0, 0.05) is 24.1 Å². The minimum Gasteiger partial charge on any atom is -0.445 e. The zero-order valence-electron chi connectivity index (χ0n) is 17.1. The molecule has 2 aromatic carbocycles. The molecule has 1 fully saturated rings. The van der Waals surface area contributed by atoms with Crippen LogP contribution in [0.1, 0.15) is 49.5 Å². The van der Waals surface area contributed by atoms with Crippen molar-refractivity contribution in [3.05, 3.63) is 53.6 Å². The molecule has 1 amide bonds. The molecule has 6 nitrogen and oxygen atoms in total. The lowest BCUT2D eigenvalue weighted by molar-refractivity contribution is -0.0365. The highest BCUT2D eigenvalue weighted by Crippen LogP contribution is 2.34. The van der Waals surface area contributed by atoms with E-state index in [1.807, 2.05) is 12.1 Å².